The molecule has 152 valence electrons. The number of anilines is 1. The summed E-state index contributed by atoms with van der Waals surface area (Å²) in [6.45, 7) is 2.38. The molecule has 1 aliphatic carbocycles. The number of benzene rings is 2. The summed E-state index contributed by atoms with van der Waals surface area (Å²) in [5.41, 5.74) is 0.416. The molecule has 1 aliphatic heterocycles. The average molecular weight is 414 g/mol. The summed E-state index contributed by atoms with van der Waals surface area (Å²) < 4.78 is 33.1. The van der Waals surface area contributed by atoms with Crippen LogP contribution in [0, 0.1) is 0 Å². The molecule has 4 rings (SSSR count). The third-order valence-electron chi connectivity index (χ3n) is 5.06. The third-order valence-corrected chi connectivity index (χ3v) is 7.04. The molecule has 7 nitrogen and oxygen atoms in total. The van der Waals surface area contributed by atoms with Crippen LogP contribution in [0.25, 0.3) is 0 Å². The van der Waals surface area contributed by atoms with E-state index in [1.165, 1.54) is 16.4 Å². The first kappa shape index (κ1) is 19.6. The molecule has 2 aliphatic rings. The first-order chi connectivity index (χ1) is 13.9. The quantitative estimate of drug-likeness (QED) is 0.650. The van der Waals surface area contributed by atoms with Gasteiger partial charge in [-0.05, 0) is 56.2 Å². The van der Waals surface area contributed by atoms with E-state index < -0.39 is 27.9 Å². The normalized spacial score (nSPS) is 19.8. The molecule has 1 atom stereocenters. The molecule has 0 N–H and O–H groups in total. The fourth-order valence-electron chi connectivity index (χ4n) is 3.61. The molecular formula is C21H22N2O5S. The average Bonchev–Trinajstić information content (AvgIpc) is 3.50. The number of hydrogen-bond acceptors (Lipinski definition) is 5. The summed E-state index contributed by atoms with van der Waals surface area (Å²) in [4.78, 5) is 27.0. The molecule has 8 heteroatoms. The number of nitrogens with zero attached hydrogens (tertiary/aromatic N) is 2. The Balaban J connectivity index is 1.64. The Labute approximate surface area is 169 Å². The van der Waals surface area contributed by atoms with Gasteiger partial charge in [0.05, 0.1) is 23.6 Å². The van der Waals surface area contributed by atoms with Gasteiger partial charge in [0.2, 0.25) is 15.9 Å². The fraction of sp³-hybridized carbons (Fsp3) is 0.333. The second kappa shape index (κ2) is 7.61. The summed E-state index contributed by atoms with van der Waals surface area (Å²) in [6.07, 6.45) is 1.22. The molecule has 2 fully saturated rings. The molecule has 1 heterocycles. The molecule has 2 aromatic rings. The standard InChI is InChI=1S/C21H22N2O5S/c1-2-28-17-12-10-15(11-13-17)22-20(24)14-19(21(22)25)23(16-8-9-16)29(26,27)18-6-4-3-5-7-18/h3-7,10-13,16,19H,2,8-9,14H2,1H3. The number of rotatable bonds is 7. The van der Waals surface area contributed by atoms with Crippen molar-refractivity contribution >= 4 is 27.5 Å². The van der Waals surface area contributed by atoms with Crippen molar-refractivity contribution < 1.29 is 22.7 Å². The van der Waals surface area contributed by atoms with E-state index in [1.54, 1.807) is 42.5 Å². The van der Waals surface area contributed by atoms with Gasteiger partial charge in [0.25, 0.3) is 5.91 Å². The number of imide groups is 1. The maximum absolute atomic E-state index is 13.2. The van der Waals surface area contributed by atoms with Crippen molar-refractivity contribution in [3.05, 3.63) is 54.6 Å². The van der Waals surface area contributed by atoms with Gasteiger partial charge in [-0.1, -0.05) is 18.2 Å². The number of hydrogen-bond donors (Lipinski definition) is 0. The zero-order chi connectivity index (χ0) is 20.6. The Morgan fingerprint density at radius 3 is 2.28 bits per heavy atom. The van der Waals surface area contributed by atoms with Gasteiger partial charge in [0.15, 0.2) is 0 Å². The molecule has 29 heavy (non-hydrogen) atoms. The van der Waals surface area contributed by atoms with Crippen molar-refractivity contribution in [2.45, 2.75) is 43.2 Å². The summed E-state index contributed by atoms with van der Waals surface area (Å²) in [5, 5.41) is 0. The molecule has 2 aromatic carbocycles. The highest BCUT2D eigenvalue weighted by Gasteiger charge is 2.51. The minimum atomic E-state index is -3.88. The van der Waals surface area contributed by atoms with Crippen LogP contribution in [-0.4, -0.2) is 43.2 Å². The highest BCUT2D eigenvalue weighted by molar-refractivity contribution is 7.89. The van der Waals surface area contributed by atoms with Crippen LogP contribution in [0.5, 0.6) is 5.75 Å². The van der Waals surface area contributed by atoms with E-state index in [0.29, 0.717) is 30.9 Å². The Bertz CT molecular complexity index is 1020. The molecule has 2 amide bonds. The Morgan fingerprint density at radius 2 is 1.69 bits per heavy atom. The highest BCUT2D eigenvalue weighted by Crippen LogP contribution is 2.38. The van der Waals surface area contributed by atoms with Crippen LogP contribution in [-0.2, 0) is 19.6 Å². The van der Waals surface area contributed by atoms with E-state index in [4.69, 9.17) is 4.74 Å². The first-order valence-corrected chi connectivity index (χ1v) is 11.1. The molecule has 1 saturated carbocycles. The zero-order valence-corrected chi connectivity index (χ0v) is 16.8. The SMILES string of the molecule is CCOc1ccc(N2C(=O)CC(N(C3CC3)S(=O)(=O)c3ccccc3)C2=O)cc1. The molecule has 0 spiro atoms. The predicted octanol–water partition coefficient (Wildman–Crippen LogP) is 2.57. The van der Waals surface area contributed by atoms with Gasteiger partial charge in [-0.15, -0.1) is 0 Å². The van der Waals surface area contributed by atoms with Crippen LogP contribution < -0.4 is 9.64 Å². The summed E-state index contributed by atoms with van der Waals surface area (Å²) in [5.74, 6) is -0.276. The minimum absolute atomic E-state index is 0.131. The van der Waals surface area contributed by atoms with Gasteiger partial charge in [-0.3, -0.25) is 9.59 Å². The zero-order valence-electron chi connectivity index (χ0n) is 16.0. The minimum Gasteiger partial charge on any atom is -0.494 e. The van der Waals surface area contributed by atoms with Gasteiger partial charge in [0.1, 0.15) is 11.8 Å². The van der Waals surface area contributed by atoms with Gasteiger partial charge in [-0.25, -0.2) is 13.3 Å². The number of ether oxygens (including phenoxy) is 1. The van der Waals surface area contributed by atoms with Crippen molar-refractivity contribution in [3.63, 3.8) is 0 Å². The molecule has 0 aromatic heterocycles. The lowest BCUT2D eigenvalue weighted by Gasteiger charge is -2.26. The van der Waals surface area contributed by atoms with Crippen LogP contribution >= 0.6 is 0 Å². The molecule has 0 radical (unpaired) electrons. The number of sulfonamides is 1. The van der Waals surface area contributed by atoms with E-state index in [1.807, 2.05) is 6.92 Å². The van der Waals surface area contributed by atoms with Crippen molar-refractivity contribution in [2.24, 2.45) is 0 Å². The van der Waals surface area contributed by atoms with E-state index in [2.05, 4.69) is 0 Å². The lowest BCUT2D eigenvalue weighted by molar-refractivity contribution is -0.122. The van der Waals surface area contributed by atoms with Crippen LogP contribution in [0.1, 0.15) is 26.2 Å². The van der Waals surface area contributed by atoms with E-state index in [9.17, 15) is 18.0 Å². The summed E-state index contributed by atoms with van der Waals surface area (Å²) >= 11 is 0. The van der Waals surface area contributed by atoms with Crippen molar-refractivity contribution in [1.29, 1.82) is 0 Å². The first-order valence-electron chi connectivity index (χ1n) is 9.61. The largest absolute Gasteiger partial charge is 0.494 e. The summed E-state index contributed by atoms with van der Waals surface area (Å²) in [6, 6.07) is 13.4. The van der Waals surface area contributed by atoms with E-state index in [-0.39, 0.29) is 17.4 Å². The molecule has 1 saturated heterocycles. The Kier molecular flexibility index (Phi) is 5.14. The molecule has 1 unspecified atom stereocenters. The Hall–Kier alpha value is -2.71. The highest BCUT2D eigenvalue weighted by atomic mass is 32.2. The molecular weight excluding hydrogens is 392 g/mol. The Morgan fingerprint density at radius 1 is 1.03 bits per heavy atom. The van der Waals surface area contributed by atoms with Gasteiger partial charge >= 0.3 is 0 Å². The third kappa shape index (κ3) is 3.65. The maximum atomic E-state index is 13.2. The van der Waals surface area contributed by atoms with Gasteiger partial charge in [0, 0.05) is 6.04 Å². The monoisotopic (exact) mass is 414 g/mol. The van der Waals surface area contributed by atoms with Gasteiger partial charge < -0.3 is 4.74 Å². The summed E-state index contributed by atoms with van der Waals surface area (Å²) in [7, 11) is -3.88. The maximum Gasteiger partial charge on any atom is 0.252 e. The van der Waals surface area contributed by atoms with Crippen molar-refractivity contribution in [3.8, 4) is 5.75 Å². The lowest BCUT2D eigenvalue weighted by atomic mass is 10.2. The number of carbonyl (C=O) groups excluding carboxylic acids is 2. The smallest absolute Gasteiger partial charge is 0.252 e. The lowest BCUT2D eigenvalue weighted by Crippen LogP contribution is -2.46. The number of amides is 2. The van der Waals surface area contributed by atoms with Crippen LogP contribution in [0.3, 0.4) is 0 Å². The topological polar surface area (TPSA) is 84.0 Å². The van der Waals surface area contributed by atoms with E-state index >= 15 is 0 Å². The van der Waals surface area contributed by atoms with Crippen molar-refractivity contribution in [2.75, 3.05) is 11.5 Å². The second-order valence-electron chi connectivity index (χ2n) is 7.09. The number of carbonyl (C=O) groups is 2. The second-order valence-corrected chi connectivity index (χ2v) is 8.94. The van der Waals surface area contributed by atoms with Crippen LogP contribution in [0.15, 0.2) is 59.5 Å². The van der Waals surface area contributed by atoms with Gasteiger partial charge in [-0.2, -0.15) is 4.31 Å². The van der Waals surface area contributed by atoms with Crippen LogP contribution in [0.4, 0.5) is 5.69 Å². The van der Waals surface area contributed by atoms with Crippen molar-refractivity contribution in [1.82, 2.24) is 4.31 Å². The molecule has 0 bridgehead atoms. The van der Waals surface area contributed by atoms with E-state index in [0.717, 1.165) is 4.90 Å². The van der Waals surface area contributed by atoms with Crippen LogP contribution in [0.2, 0.25) is 0 Å². The fourth-order valence-corrected chi connectivity index (χ4v) is 5.45. The predicted molar refractivity (Wildman–Crippen MR) is 107 cm³/mol.